The van der Waals surface area contributed by atoms with Gasteiger partial charge in [-0.15, -0.1) is 0 Å². The number of hydrogen-bond acceptors (Lipinski definition) is 7. The van der Waals surface area contributed by atoms with Crippen molar-refractivity contribution in [3.8, 4) is 5.75 Å². The van der Waals surface area contributed by atoms with Gasteiger partial charge in [-0.05, 0) is 0 Å². The molecule has 0 bridgehead atoms. The monoisotopic (exact) mass is 1230 g/mol. The van der Waals surface area contributed by atoms with Gasteiger partial charge in [0, 0.05) is 0 Å². The fourth-order valence-corrected chi connectivity index (χ4v) is 24.3. The van der Waals surface area contributed by atoms with Crippen LogP contribution >= 0.6 is 13.7 Å². The number of carbonyl (C=O) groups excluding carboxylic acids is 2. The van der Waals surface area contributed by atoms with E-state index in [2.05, 4.69) is 0 Å². The molecule has 0 aliphatic heterocycles. The molecule has 0 heterocycles. The summed E-state index contributed by atoms with van der Waals surface area (Å²) in [5, 5.41) is 3.58. The Balaban J connectivity index is 1.21. The van der Waals surface area contributed by atoms with Crippen LogP contribution in [0.2, 0.25) is 0 Å². The van der Waals surface area contributed by atoms with Crippen LogP contribution in [0.4, 0.5) is 26.3 Å². The zero-order chi connectivity index (χ0) is 61.3. The molecule has 0 unspecified atom stereocenters. The van der Waals surface area contributed by atoms with E-state index >= 15 is 26.3 Å². The molecule has 9 aromatic carbocycles. The van der Waals surface area contributed by atoms with Gasteiger partial charge >= 0.3 is 513 Å². The SMILES string of the molecule is O=C(OC1CCCCC1)c1ccc(CP(OB(Oc2cc(C(F)(F)F)cc(C(F)(F)F)c2)OP(Cc2ccc(C(=O)OC3CCCCC3)cc2)(c2ccccc2)(c2ccccc2)c2ccccc2)(c2ccccc2)(c2ccccc2)c2ccccc2)cc1. The molecule has 0 aromatic heterocycles. The van der Waals surface area contributed by atoms with Gasteiger partial charge < -0.3 is 0 Å². The van der Waals surface area contributed by atoms with Crippen molar-refractivity contribution in [2.24, 2.45) is 0 Å². The maximum absolute atomic E-state index is 15.2. The van der Waals surface area contributed by atoms with Crippen LogP contribution in [0.15, 0.2) is 249 Å². The molecule has 0 radical (unpaired) electrons. The first kappa shape index (κ1) is 61.8. The van der Waals surface area contributed by atoms with Gasteiger partial charge in [0.25, 0.3) is 0 Å². The molecule has 2 aliphatic rings. The van der Waals surface area contributed by atoms with Crippen LogP contribution in [0.5, 0.6) is 5.75 Å². The van der Waals surface area contributed by atoms with E-state index in [-0.39, 0.29) is 30.6 Å². The Hall–Kier alpha value is -7.86. The molecule has 7 nitrogen and oxygen atoms in total. The summed E-state index contributed by atoms with van der Waals surface area (Å²) in [6, 6.07) is 71.4. The molecule has 2 fully saturated rings. The summed E-state index contributed by atoms with van der Waals surface area (Å²) in [5.74, 6) is -1.78. The fraction of sp³-hybridized carbons (Fsp3) is 0.222. The van der Waals surface area contributed by atoms with Crippen LogP contribution in [0.3, 0.4) is 0 Å². The molecule has 0 saturated heterocycles. The van der Waals surface area contributed by atoms with Gasteiger partial charge in [0.05, 0.1) is 0 Å². The summed E-state index contributed by atoms with van der Waals surface area (Å²) in [6.07, 6.45) is -1.87. The third kappa shape index (κ3) is 12.6. The topological polar surface area (TPSA) is 80.3 Å². The van der Waals surface area contributed by atoms with Crippen molar-refractivity contribution in [3.63, 3.8) is 0 Å². The van der Waals surface area contributed by atoms with Crippen molar-refractivity contribution in [2.45, 2.75) is 101 Å². The molecule has 0 atom stereocenters. The first-order valence-electron chi connectivity index (χ1n) is 29.9. The molecule has 88 heavy (non-hydrogen) atoms. The van der Waals surface area contributed by atoms with Crippen LogP contribution in [-0.2, 0) is 43.0 Å². The number of ether oxygens (including phenoxy) is 2. The van der Waals surface area contributed by atoms with Crippen LogP contribution in [0.25, 0.3) is 0 Å². The molecule has 9 aromatic rings. The summed E-state index contributed by atoms with van der Waals surface area (Å²) in [4.78, 5) is 27.7. The summed E-state index contributed by atoms with van der Waals surface area (Å²) >= 11 is 0. The average molecular weight is 1230 g/mol. The van der Waals surface area contributed by atoms with Gasteiger partial charge in [0.2, 0.25) is 0 Å². The minimum absolute atomic E-state index is 0.0163. The molecular formula is C72H67BF6O7P2. The van der Waals surface area contributed by atoms with Crippen LogP contribution in [0, 0.1) is 0 Å². The number of alkyl halides is 6. The van der Waals surface area contributed by atoms with E-state index in [9.17, 15) is 9.59 Å². The summed E-state index contributed by atoms with van der Waals surface area (Å²) in [6.45, 7) is -10.2. The van der Waals surface area contributed by atoms with Crippen molar-refractivity contribution >= 4 is 64.7 Å². The van der Waals surface area contributed by atoms with Crippen LogP contribution < -0.4 is 36.5 Å². The van der Waals surface area contributed by atoms with Crippen molar-refractivity contribution in [1.82, 2.24) is 0 Å². The van der Waals surface area contributed by atoms with Crippen molar-refractivity contribution in [3.05, 3.63) is 282 Å². The Morgan fingerprint density at radius 1 is 0.375 bits per heavy atom. The number of benzene rings is 9. The van der Waals surface area contributed by atoms with Gasteiger partial charge in [-0.3, -0.25) is 0 Å². The van der Waals surface area contributed by atoms with Gasteiger partial charge in [-0.1, -0.05) is 0 Å². The second kappa shape index (κ2) is 26.1. The Morgan fingerprint density at radius 3 is 0.909 bits per heavy atom. The van der Waals surface area contributed by atoms with Crippen LogP contribution in [-0.4, -0.2) is 31.5 Å². The molecule has 2 saturated carbocycles. The van der Waals surface area contributed by atoms with Crippen molar-refractivity contribution in [1.29, 1.82) is 0 Å². The zero-order valence-corrected chi connectivity index (χ0v) is 50.2. The predicted molar refractivity (Wildman–Crippen MR) is 340 cm³/mol. The number of esters is 2. The van der Waals surface area contributed by atoms with Gasteiger partial charge in [-0.2, -0.15) is 0 Å². The number of halogens is 6. The molecule has 11 rings (SSSR count). The molecule has 0 amide bonds. The van der Waals surface area contributed by atoms with Gasteiger partial charge in [0.15, 0.2) is 0 Å². The second-order valence-electron chi connectivity index (χ2n) is 22.8. The third-order valence-corrected chi connectivity index (χ3v) is 28.8. The fourth-order valence-electron chi connectivity index (χ4n) is 12.9. The van der Waals surface area contributed by atoms with E-state index in [0.717, 1.165) is 64.2 Å². The second-order valence-corrected chi connectivity index (χ2v) is 31.8. The Morgan fingerprint density at radius 2 is 0.648 bits per heavy atom. The van der Waals surface area contributed by atoms with E-state index in [1.807, 2.05) is 206 Å². The first-order valence-corrected chi connectivity index (χ1v) is 34.5. The third-order valence-electron chi connectivity index (χ3n) is 17.2. The molecule has 452 valence electrons. The average Bonchev–Trinajstić information content (AvgIpc) is 0.697. The molecule has 16 heteroatoms. The Labute approximate surface area is 510 Å². The summed E-state index contributed by atoms with van der Waals surface area (Å²) in [7, 11) is -2.23. The normalized spacial score (nSPS) is 15.4. The van der Waals surface area contributed by atoms with Crippen LogP contribution in [0.1, 0.15) is 107 Å². The predicted octanol–water partition coefficient (Wildman–Crippen LogP) is 16.4. The number of rotatable bonds is 20. The molecule has 0 spiro atoms. The van der Waals surface area contributed by atoms with Crippen molar-refractivity contribution < 1.29 is 58.9 Å². The summed E-state index contributed by atoms with van der Waals surface area (Å²) < 4.78 is 127. The van der Waals surface area contributed by atoms with E-state index in [1.54, 1.807) is 24.3 Å². The van der Waals surface area contributed by atoms with E-state index in [4.69, 9.17) is 23.0 Å². The van der Waals surface area contributed by atoms with Crippen molar-refractivity contribution in [2.75, 3.05) is 0 Å². The van der Waals surface area contributed by atoms with E-state index in [0.29, 0.717) is 66.2 Å². The quantitative estimate of drug-likeness (QED) is 0.0325. The van der Waals surface area contributed by atoms with E-state index in [1.165, 1.54) is 0 Å². The van der Waals surface area contributed by atoms with Gasteiger partial charge in [-0.25, -0.2) is 0 Å². The first-order chi connectivity index (χ1) is 42.5. The zero-order valence-electron chi connectivity index (χ0n) is 48.4. The standard InChI is InChI=1S/C72H67BF6O7P2/c74-71(75,76)58-49-59(72(77,78)79)51-62(50-58)84-73(85-87(63-29-13-3-14-30-63,64-31-15-4-16-32-64,65-33-17-5-18-34-65)52-54-41-45-56(46-42-54)69(80)82-60-25-9-1-10-26-60)86-88(66-35-19-6-20-36-66,67-37-21-7-22-38-67,68-39-23-8-24-40-68)53-55-43-47-57(48-44-55)70(81)83-61-27-11-2-12-28-61/h3-8,13-24,29-51,60-61H,1-2,9-12,25-28,52-53H2. The molecule has 0 N–H and O–H groups in total. The number of hydrogen-bond donors (Lipinski definition) is 0. The maximum atomic E-state index is 15.2. The minimum atomic E-state index is -5.27. The Kier molecular flexibility index (Phi) is 18.3. The Bertz CT molecular complexity index is 3340. The summed E-state index contributed by atoms with van der Waals surface area (Å²) in [5.41, 5.74) is -1.28. The van der Waals surface area contributed by atoms with Gasteiger partial charge in [0.1, 0.15) is 0 Å². The van der Waals surface area contributed by atoms with E-state index < -0.39 is 62.1 Å². The molecule has 2 aliphatic carbocycles. The number of carbonyl (C=O) groups is 2. The molecular weight excluding hydrogens is 1160 g/mol.